The van der Waals surface area contributed by atoms with Gasteiger partial charge in [-0.2, -0.15) is 13.9 Å². The van der Waals surface area contributed by atoms with E-state index >= 15 is 0 Å². The Labute approximate surface area is 169 Å². The van der Waals surface area contributed by atoms with E-state index in [9.17, 15) is 13.6 Å². The quantitative estimate of drug-likeness (QED) is 0.506. The fourth-order valence-electron chi connectivity index (χ4n) is 3.54. The molecule has 0 atom stereocenters. The number of nitrogens with zero attached hydrogens (tertiary/aromatic N) is 5. The molecule has 0 saturated carbocycles. The summed E-state index contributed by atoms with van der Waals surface area (Å²) in [5.41, 5.74) is 3.47. The fourth-order valence-corrected chi connectivity index (χ4v) is 3.54. The third-order valence-corrected chi connectivity index (χ3v) is 4.94. The number of rotatable bonds is 4. The van der Waals surface area contributed by atoms with E-state index in [0.717, 1.165) is 16.7 Å². The van der Waals surface area contributed by atoms with E-state index in [4.69, 9.17) is 4.42 Å². The molecule has 7 nitrogen and oxygen atoms in total. The summed E-state index contributed by atoms with van der Waals surface area (Å²) in [6.07, 6.45) is -0.977. The van der Waals surface area contributed by atoms with E-state index in [1.54, 1.807) is 34.8 Å². The van der Waals surface area contributed by atoms with Crippen molar-refractivity contribution in [3.05, 3.63) is 71.7 Å². The molecule has 0 unspecified atom stereocenters. The van der Waals surface area contributed by atoms with Crippen molar-refractivity contribution in [3.63, 3.8) is 0 Å². The maximum Gasteiger partial charge on any atom is 0.314 e. The van der Waals surface area contributed by atoms with Gasteiger partial charge < -0.3 is 4.42 Å². The summed E-state index contributed by atoms with van der Waals surface area (Å²) < 4.78 is 32.1. The number of fused-ring (bicyclic) bond motifs is 1. The summed E-state index contributed by atoms with van der Waals surface area (Å²) in [6, 6.07) is 14.7. The van der Waals surface area contributed by atoms with E-state index in [2.05, 4.69) is 15.3 Å². The lowest BCUT2D eigenvalue weighted by Gasteiger charge is -2.14. The average Bonchev–Trinajstić information content (AvgIpc) is 3.46. The van der Waals surface area contributed by atoms with Crippen molar-refractivity contribution in [1.29, 1.82) is 0 Å². The molecular weight excluding hydrogens is 392 g/mol. The Bertz CT molecular complexity index is 1250. The fraction of sp³-hybridized carbons (Fsp3) is 0.143. The van der Waals surface area contributed by atoms with Crippen molar-refractivity contribution in [1.82, 2.24) is 20.0 Å². The van der Waals surface area contributed by atoms with Gasteiger partial charge in [0.05, 0.1) is 6.54 Å². The molecule has 9 heteroatoms. The Morgan fingerprint density at radius 3 is 2.57 bits per heavy atom. The second kappa shape index (κ2) is 6.87. The number of anilines is 1. The lowest BCUT2D eigenvalue weighted by molar-refractivity contribution is 0.0995. The number of carbonyl (C=O) groups excluding carboxylic acids is 1. The van der Waals surface area contributed by atoms with E-state index in [0.29, 0.717) is 23.5 Å². The molecule has 4 aromatic rings. The number of aromatic nitrogens is 4. The van der Waals surface area contributed by atoms with Crippen molar-refractivity contribution in [2.75, 3.05) is 4.90 Å². The lowest BCUT2D eigenvalue weighted by atomic mass is 10.1. The summed E-state index contributed by atoms with van der Waals surface area (Å²) in [6.45, 7) is 0.359. The Balaban J connectivity index is 1.51. The van der Waals surface area contributed by atoms with Crippen LogP contribution in [0.2, 0.25) is 0 Å². The molecule has 1 aliphatic rings. The lowest BCUT2D eigenvalue weighted by Crippen LogP contribution is -2.24. The number of amides is 1. The molecule has 5 rings (SSSR count). The first-order valence-corrected chi connectivity index (χ1v) is 9.17. The van der Waals surface area contributed by atoms with Gasteiger partial charge in [0.25, 0.3) is 11.8 Å². The first-order valence-electron chi connectivity index (χ1n) is 9.17. The summed E-state index contributed by atoms with van der Waals surface area (Å²) in [7, 11) is 1.80. The Morgan fingerprint density at radius 2 is 1.83 bits per heavy atom. The number of halogens is 2. The average molecular weight is 407 g/mol. The van der Waals surface area contributed by atoms with Crippen LogP contribution < -0.4 is 4.90 Å². The SMILES string of the molecule is Cn1cc(-c2ccccc2)c(N2Cc3ccc(-c4nnc(C(F)F)o4)cc3C2=O)n1. The smallest absolute Gasteiger partial charge is 0.314 e. The molecule has 0 spiro atoms. The first-order chi connectivity index (χ1) is 14.5. The zero-order chi connectivity index (χ0) is 20.8. The van der Waals surface area contributed by atoms with E-state index in [-0.39, 0.29) is 11.8 Å². The molecular formula is C21H15F2N5O2. The maximum absolute atomic E-state index is 13.2. The molecule has 30 heavy (non-hydrogen) atoms. The largest absolute Gasteiger partial charge is 0.415 e. The van der Waals surface area contributed by atoms with Gasteiger partial charge in [-0.05, 0) is 23.3 Å². The van der Waals surface area contributed by atoms with Crippen molar-refractivity contribution in [2.45, 2.75) is 13.0 Å². The zero-order valence-corrected chi connectivity index (χ0v) is 15.8. The molecule has 1 amide bonds. The number of carbonyl (C=O) groups is 1. The molecule has 1 aliphatic heterocycles. The minimum atomic E-state index is -2.85. The van der Waals surface area contributed by atoms with E-state index in [1.165, 1.54) is 0 Å². The second-order valence-electron chi connectivity index (χ2n) is 6.92. The molecule has 150 valence electrons. The highest BCUT2D eigenvalue weighted by Gasteiger charge is 2.32. The van der Waals surface area contributed by atoms with Gasteiger partial charge in [-0.15, -0.1) is 10.2 Å². The summed E-state index contributed by atoms with van der Waals surface area (Å²) in [5.74, 6) is -0.470. The van der Waals surface area contributed by atoms with Gasteiger partial charge in [-0.3, -0.25) is 14.4 Å². The Hall–Kier alpha value is -3.88. The van der Waals surface area contributed by atoms with E-state index in [1.807, 2.05) is 36.5 Å². The molecule has 3 heterocycles. The number of hydrogen-bond donors (Lipinski definition) is 0. The van der Waals surface area contributed by atoms with Gasteiger partial charge in [-0.1, -0.05) is 36.4 Å². The van der Waals surface area contributed by atoms with Gasteiger partial charge in [0.1, 0.15) is 0 Å². The van der Waals surface area contributed by atoms with Crippen molar-refractivity contribution in [3.8, 4) is 22.6 Å². The summed E-state index contributed by atoms with van der Waals surface area (Å²) in [5, 5.41) is 11.5. The van der Waals surface area contributed by atoms with Crippen molar-refractivity contribution >= 4 is 11.7 Å². The molecule has 0 fully saturated rings. The molecule has 2 aromatic carbocycles. The molecule has 0 N–H and O–H groups in total. The number of aryl methyl sites for hydroxylation is 1. The summed E-state index contributed by atoms with van der Waals surface area (Å²) in [4.78, 5) is 14.8. The third-order valence-electron chi connectivity index (χ3n) is 4.94. The third kappa shape index (κ3) is 2.95. The zero-order valence-electron chi connectivity index (χ0n) is 15.8. The van der Waals surface area contributed by atoms with Crippen LogP contribution in [0.15, 0.2) is 59.1 Å². The topological polar surface area (TPSA) is 77.0 Å². The highest BCUT2D eigenvalue weighted by molar-refractivity contribution is 6.11. The number of benzene rings is 2. The van der Waals surface area contributed by atoms with Gasteiger partial charge in [0.15, 0.2) is 5.82 Å². The molecule has 2 aromatic heterocycles. The number of hydrogen-bond acceptors (Lipinski definition) is 5. The van der Waals surface area contributed by atoms with E-state index < -0.39 is 12.3 Å². The van der Waals surface area contributed by atoms with Gasteiger partial charge in [0.2, 0.25) is 5.89 Å². The van der Waals surface area contributed by atoms with Crippen LogP contribution in [0, 0.1) is 0 Å². The van der Waals surface area contributed by atoms with Crippen LogP contribution in [0.1, 0.15) is 28.2 Å². The molecule has 0 radical (unpaired) electrons. The Kier molecular flexibility index (Phi) is 4.16. The van der Waals surface area contributed by atoms with Crippen molar-refractivity contribution in [2.24, 2.45) is 7.05 Å². The predicted octanol–water partition coefficient (Wildman–Crippen LogP) is 4.24. The summed E-state index contributed by atoms with van der Waals surface area (Å²) >= 11 is 0. The predicted molar refractivity (Wildman–Crippen MR) is 104 cm³/mol. The van der Waals surface area contributed by atoms with Gasteiger partial charge in [0, 0.05) is 29.9 Å². The monoisotopic (exact) mass is 407 g/mol. The minimum Gasteiger partial charge on any atom is -0.415 e. The van der Waals surface area contributed by atoms with Crippen LogP contribution in [0.4, 0.5) is 14.6 Å². The van der Waals surface area contributed by atoms with Crippen LogP contribution in [-0.2, 0) is 13.6 Å². The highest BCUT2D eigenvalue weighted by Crippen LogP contribution is 2.36. The molecule has 0 aliphatic carbocycles. The van der Waals surface area contributed by atoms with Gasteiger partial charge in [-0.25, -0.2) is 0 Å². The van der Waals surface area contributed by atoms with Crippen LogP contribution >= 0.6 is 0 Å². The van der Waals surface area contributed by atoms with Crippen LogP contribution in [0.3, 0.4) is 0 Å². The van der Waals surface area contributed by atoms with Crippen LogP contribution in [-0.4, -0.2) is 25.9 Å². The molecule has 0 saturated heterocycles. The number of alkyl halides is 2. The normalized spacial score (nSPS) is 13.3. The van der Waals surface area contributed by atoms with Gasteiger partial charge >= 0.3 is 6.43 Å². The molecule has 0 bridgehead atoms. The minimum absolute atomic E-state index is 0.0536. The standard InChI is InChI=1S/C21H15F2N5O2/c1-27-11-16(12-5-3-2-4-6-12)18(26-27)28-10-14-8-7-13(9-15(14)21(28)29)19-24-25-20(30-19)17(22)23/h2-9,11,17H,10H2,1H3. The highest BCUT2D eigenvalue weighted by atomic mass is 19.3. The van der Waals surface area contributed by atoms with Crippen LogP contribution in [0.5, 0.6) is 0 Å². The first kappa shape index (κ1) is 18.2. The Morgan fingerprint density at radius 1 is 1.03 bits per heavy atom. The second-order valence-corrected chi connectivity index (χ2v) is 6.92. The maximum atomic E-state index is 13.2. The van der Waals surface area contributed by atoms with Crippen molar-refractivity contribution < 1.29 is 18.0 Å². The van der Waals surface area contributed by atoms with Crippen LogP contribution in [0.25, 0.3) is 22.6 Å².